The molecule has 0 aliphatic heterocycles. The fourth-order valence-electron chi connectivity index (χ4n) is 3.30. The van der Waals surface area contributed by atoms with Crippen molar-refractivity contribution >= 4 is 28.4 Å². The lowest BCUT2D eigenvalue weighted by Gasteiger charge is -2.27. The molecule has 0 spiro atoms. The van der Waals surface area contributed by atoms with Gasteiger partial charge in [0.15, 0.2) is 0 Å². The van der Waals surface area contributed by atoms with Gasteiger partial charge in [-0.1, -0.05) is 0 Å². The van der Waals surface area contributed by atoms with Gasteiger partial charge < -0.3 is 20.3 Å². The van der Waals surface area contributed by atoms with Gasteiger partial charge in [0.25, 0.3) is 5.56 Å². The van der Waals surface area contributed by atoms with Gasteiger partial charge in [-0.05, 0) is 25.7 Å². The maximum atomic E-state index is 12.7. The molecule has 0 atom stereocenters. The molecule has 0 aromatic carbocycles. The van der Waals surface area contributed by atoms with Crippen LogP contribution in [0.25, 0.3) is 10.9 Å². The van der Waals surface area contributed by atoms with Gasteiger partial charge >= 0.3 is 0 Å². The first-order valence-electron chi connectivity index (χ1n) is 8.94. The van der Waals surface area contributed by atoms with Crippen LogP contribution in [0.2, 0.25) is 0 Å². The Kier molecular flexibility index (Phi) is 4.68. The minimum Gasteiger partial charge on any atom is -0.393 e. The van der Waals surface area contributed by atoms with Crippen molar-refractivity contribution in [1.82, 2.24) is 24.5 Å². The number of pyridine rings is 1. The number of aromatic nitrogens is 5. The number of nitrogens with zero attached hydrogens (tertiary/aromatic N) is 5. The highest BCUT2D eigenvalue weighted by Gasteiger charge is 2.21. The van der Waals surface area contributed by atoms with Crippen LogP contribution in [-0.4, -0.2) is 41.8 Å². The number of nitrogens with one attached hydrogen (secondary N) is 2. The van der Waals surface area contributed by atoms with Gasteiger partial charge in [-0.15, -0.1) is 0 Å². The van der Waals surface area contributed by atoms with E-state index < -0.39 is 0 Å². The van der Waals surface area contributed by atoms with E-state index in [1.165, 1.54) is 10.9 Å². The zero-order valence-electron chi connectivity index (χ0n) is 15.0. The highest BCUT2D eigenvalue weighted by Crippen LogP contribution is 2.26. The average Bonchev–Trinajstić information content (AvgIpc) is 2.67. The van der Waals surface area contributed by atoms with Gasteiger partial charge in [0.05, 0.1) is 24.1 Å². The van der Waals surface area contributed by atoms with Crippen LogP contribution in [0.15, 0.2) is 35.8 Å². The molecule has 27 heavy (non-hydrogen) atoms. The number of hydrogen-bond acceptors (Lipinski definition) is 8. The van der Waals surface area contributed by atoms with E-state index in [2.05, 4.69) is 30.6 Å². The Morgan fingerprint density at radius 2 is 1.96 bits per heavy atom. The third-order valence-electron chi connectivity index (χ3n) is 4.76. The van der Waals surface area contributed by atoms with Crippen LogP contribution in [0.1, 0.15) is 25.7 Å². The molecule has 3 aromatic heterocycles. The molecule has 3 N–H and O–H groups in total. The van der Waals surface area contributed by atoms with Crippen molar-refractivity contribution in [2.45, 2.75) is 37.8 Å². The summed E-state index contributed by atoms with van der Waals surface area (Å²) in [5.41, 5.74) is 0.398. The summed E-state index contributed by atoms with van der Waals surface area (Å²) in [5.74, 6) is 1.58. The molecule has 140 valence electrons. The van der Waals surface area contributed by atoms with Crippen molar-refractivity contribution in [3.63, 3.8) is 0 Å². The predicted molar refractivity (Wildman–Crippen MR) is 102 cm³/mol. The number of aryl methyl sites for hydroxylation is 1. The molecule has 9 nitrogen and oxygen atoms in total. The Morgan fingerprint density at radius 1 is 1.15 bits per heavy atom. The number of hydrogen-bond donors (Lipinski definition) is 3. The molecule has 0 radical (unpaired) electrons. The topological polar surface area (TPSA) is 118 Å². The maximum Gasteiger partial charge on any atom is 0.264 e. The van der Waals surface area contributed by atoms with Crippen LogP contribution in [0.3, 0.4) is 0 Å². The van der Waals surface area contributed by atoms with E-state index in [1.54, 1.807) is 31.7 Å². The summed E-state index contributed by atoms with van der Waals surface area (Å²) in [6.45, 7) is 0. The van der Waals surface area contributed by atoms with Gasteiger partial charge in [-0.2, -0.15) is 0 Å². The average molecular weight is 367 g/mol. The summed E-state index contributed by atoms with van der Waals surface area (Å²) in [4.78, 5) is 29.9. The van der Waals surface area contributed by atoms with E-state index in [0.29, 0.717) is 28.4 Å². The van der Waals surface area contributed by atoms with Crippen LogP contribution in [0.4, 0.5) is 17.5 Å². The second-order valence-electron chi connectivity index (χ2n) is 6.78. The molecular formula is C18H21N7O2. The monoisotopic (exact) mass is 367 g/mol. The third-order valence-corrected chi connectivity index (χ3v) is 4.76. The van der Waals surface area contributed by atoms with Gasteiger partial charge in [-0.25, -0.2) is 15.0 Å². The zero-order valence-corrected chi connectivity index (χ0v) is 15.0. The summed E-state index contributed by atoms with van der Waals surface area (Å²) >= 11 is 0. The highest BCUT2D eigenvalue weighted by molar-refractivity contribution is 5.90. The Morgan fingerprint density at radius 3 is 2.70 bits per heavy atom. The van der Waals surface area contributed by atoms with Crippen LogP contribution in [0, 0.1) is 0 Å². The van der Waals surface area contributed by atoms with E-state index in [1.807, 2.05) is 0 Å². The zero-order chi connectivity index (χ0) is 18.8. The van der Waals surface area contributed by atoms with Crippen LogP contribution >= 0.6 is 0 Å². The van der Waals surface area contributed by atoms with E-state index >= 15 is 0 Å². The molecule has 0 amide bonds. The number of aliphatic hydroxyl groups is 1. The molecule has 1 aliphatic carbocycles. The number of rotatable bonds is 4. The summed E-state index contributed by atoms with van der Waals surface area (Å²) in [6.07, 6.45) is 9.16. The smallest absolute Gasteiger partial charge is 0.264 e. The minimum absolute atomic E-state index is 0.153. The fourth-order valence-corrected chi connectivity index (χ4v) is 3.30. The molecule has 9 heteroatoms. The van der Waals surface area contributed by atoms with Gasteiger partial charge in [0.2, 0.25) is 0 Å². The van der Waals surface area contributed by atoms with E-state index in [4.69, 9.17) is 0 Å². The van der Waals surface area contributed by atoms with Crippen LogP contribution in [0.5, 0.6) is 0 Å². The van der Waals surface area contributed by atoms with Crippen molar-refractivity contribution in [3.05, 3.63) is 41.3 Å². The normalized spacial score (nSPS) is 19.8. The number of anilines is 3. The summed E-state index contributed by atoms with van der Waals surface area (Å²) < 4.78 is 1.44. The lowest BCUT2D eigenvalue weighted by Crippen LogP contribution is -2.29. The summed E-state index contributed by atoms with van der Waals surface area (Å²) in [7, 11) is 1.67. The third kappa shape index (κ3) is 3.72. The standard InChI is InChI=1S/C18H21N7O2/c1-25-10-21-13-8-14(23-15-9-19-6-7-20-15)24-17(16(13)18(25)27)22-11-2-4-12(26)5-3-11/h6-12,26H,2-5H2,1H3,(H2,20,22,23,24). The summed E-state index contributed by atoms with van der Waals surface area (Å²) in [6, 6.07) is 1.88. The van der Waals surface area contributed by atoms with Crippen molar-refractivity contribution in [2.75, 3.05) is 10.6 Å². The minimum atomic E-state index is -0.244. The Labute approximate surface area is 155 Å². The molecule has 0 saturated heterocycles. The SMILES string of the molecule is Cn1cnc2cc(Nc3cnccn3)nc(NC3CCC(O)CC3)c2c1=O. The largest absolute Gasteiger partial charge is 0.393 e. The maximum absolute atomic E-state index is 12.7. The lowest BCUT2D eigenvalue weighted by molar-refractivity contribution is 0.126. The first-order valence-corrected chi connectivity index (χ1v) is 8.94. The van der Waals surface area contributed by atoms with Crippen molar-refractivity contribution in [1.29, 1.82) is 0 Å². The van der Waals surface area contributed by atoms with Crippen LogP contribution in [-0.2, 0) is 7.05 Å². The molecule has 0 unspecified atom stereocenters. The van der Waals surface area contributed by atoms with E-state index in [-0.39, 0.29) is 17.7 Å². The Hall–Kier alpha value is -3.07. The first-order chi connectivity index (χ1) is 13.1. The second kappa shape index (κ2) is 7.28. The molecular weight excluding hydrogens is 346 g/mol. The van der Waals surface area contributed by atoms with Crippen LogP contribution < -0.4 is 16.2 Å². The van der Waals surface area contributed by atoms with Gasteiger partial charge in [-0.3, -0.25) is 9.78 Å². The molecule has 4 rings (SSSR count). The quantitative estimate of drug-likeness (QED) is 0.636. The number of fused-ring (bicyclic) bond motifs is 1. The fraction of sp³-hybridized carbons (Fsp3) is 0.389. The molecule has 0 bridgehead atoms. The Bertz CT molecular complexity index is 998. The predicted octanol–water partition coefficient (Wildman–Crippen LogP) is 1.58. The molecule has 1 saturated carbocycles. The van der Waals surface area contributed by atoms with Gasteiger partial charge in [0.1, 0.15) is 22.8 Å². The second-order valence-corrected chi connectivity index (χ2v) is 6.78. The van der Waals surface area contributed by atoms with Crippen molar-refractivity contribution in [3.8, 4) is 0 Å². The molecule has 1 aliphatic rings. The van der Waals surface area contributed by atoms with E-state index in [0.717, 1.165) is 25.7 Å². The summed E-state index contributed by atoms with van der Waals surface area (Å²) in [5, 5.41) is 16.7. The number of aliphatic hydroxyl groups excluding tert-OH is 1. The molecule has 1 fully saturated rings. The Balaban J connectivity index is 1.73. The highest BCUT2D eigenvalue weighted by atomic mass is 16.3. The lowest BCUT2D eigenvalue weighted by atomic mass is 9.93. The molecule has 3 heterocycles. The van der Waals surface area contributed by atoms with Gasteiger partial charge in [0, 0.05) is 31.5 Å². The molecule has 3 aromatic rings. The van der Waals surface area contributed by atoms with E-state index in [9.17, 15) is 9.90 Å². The first kappa shape index (κ1) is 17.3. The van der Waals surface area contributed by atoms with Crippen molar-refractivity contribution in [2.24, 2.45) is 7.05 Å². The van der Waals surface area contributed by atoms with Crippen molar-refractivity contribution < 1.29 is 5.11 Å².